The molecule has 0 aliphatic rings. The van der Waals surface area contributed by atoms with Crippen LogP contribution in [0, 0.1) is 0 Å². The molecule has 82 heavy (non-hydrogen) atoms. The van der Waals surface area contributed by atoms with Gasteiger partial charge in [0.2, 0.25) is 0 Å². The lowest BCUT2D eigenvalue weighted by Crippen LogP contribution is -2.30. The van der Waals surface area contributed by atoms with Crippen molar-refractivity contribution in [1.29, 1.82) is 0 Å². The van der Waals surface area contributed by atoms with E-state index in [1.54, 1.807) is 0 Å². The zero-order valence-electron chi connectivity index (χ0n) is 53.7. The molecule has 6 heteroatoms. The molecule has 0 rings (SSSR count). The highest BCUT2D eigenvalue weighted by atomic mass is 16.6. The molecular weight excluding hydrogens is 1010 g/mol. The molecular formula is C76H128O6. The number of allylic oxidation sites excluding steroid dienone is 20. The third kappa shape index (κ3) is 66.6. The van der Waals surface area contributed by atoms with E-state index < -0.39 is 6.10 Å². The van der Waals surface area contributed by atoms with Gasteiger partial charge in [-0.1, -0.05) is 316 Å². The Morgan fingerprint density at radius 2 is 0.476 bits per heavy atom. The lowest BCUT2D eigenvalue weighted by molar-refractivity contribution is -0.167. The molecule has 0 saturated heterocycles. The third-order valence-corrected chi connectivity index (χ3v) is 14.7. The maximum absolute atomic E-state index is 12.9. The number of rotatable bonds is 62. The monoisotopic (exact) mass is 1140 g/mol. The standard InChI is InChI=1S/C76H128O6/c1-4-7-10-13-16-19-22-25-27-29-31-33-35-36-37-38-39-40-41-43-44-46-48-51-54-57-60-63-66-69-75(78)81-72-73(71-80-74(77)68-65-62-59-56-53-50-24-21-18-15-12-9-6-3)82-76(79)70-67-64-61-58-55-52-49-47-45-42-34-32-30-28-26-23-20-17-14-11-8-5-2/h7,9-10,12,16,18-19,21,25,27,31,33,36-37,39-40,43-44,50,53,73H,4-6,8,11,13-15,17,20,22-24,26,28-30,32,34-35,38,41-42,45-49,51-52,54-72H2,1-3H3/b10-7-,12-9-,19-16-,21-18-,27-25-,33-31-,37-36-,40-39-,44-43-,53-50-. The lowest BCUT2D eigenvalue weighted by Gasteiger charge is -2.18. The van der Waals surface area contributed by atoms with Gasteiger partial charge in [0, 0.05) is 19.3 Å². The lowest BCUT2D eigenvalue weighted by atomic mass is 10.0. The highest BCUT2D eigenvalue weighted by Gasteiger charge is 2.19. The molecule has 0 heterocycles. The average Bonchev–Trinajstić information content (AvgIpc) is 3.47. The Morgan fingerprint density at radius 1 is 0.256 bits per heavy atom. The molecule has 468 valence electrons. The molecule has 0 aromatic carbocycles. The Kier molecular flexibility index (Phi) is 65.8. The van der Waals surface area contributed by atoms with Crippen LogP contribution in [0.5, 0.6) is 0 Å². The van der Waals surface area contributed by atoms with Gasteiger partial charge in [0.05, 0.1) is 0 Å². The van der Waals surface area contributed by atoms with Crippen LogP contribution in [0.15, 0.2) is 122 Å². The SMILES string of the molecule is CC/C=C\C/C=C\C/C=C\C/C=C\C/C=C\C/C=C\C/C=C\CCCCCCCCCC(=O)OCC(COC(=O)CCCCC/C=C\C/C=C\C/C=C\CC)OC(=O)CCCCCCCCCCCCCCCCCCCCCCCC. The van der Waals surface area contributed by atoms with E-state index in [4.69, 9.17) is 14.2 Å². The molecule has 0 fully saturated rings. The van der Waals surface area contributed by atoms with Crippen LogP contribution < -0.4 is 0 Å². The summed E-state index contributed by atoms with van der Waals surface area (Å²) in [4.78, 5) is 38.4. The molecule has 0 aromatic heterocycles. The maximum Gasteiger partial charge on any atom is 0.306 e. The second kappa shape index (κ2) is 69.3. The summed E-state index contributed by atoms with van der Waals surface area (Å²) in [6, 6.07) is 0. The Hall–Kier alpha value is -4.19. The van der Waals surface area contributed by atoms with Crippen LogP contribution >= 0.6 is 0 Å². The summed E-state index contributed by atoms with van der Waals surface area (Å²) in [7, 11) is 0. The second-order valence-electron chi connectivity index (χ2n) is 22.7. The fourth-order valence-electron chi connectivity index (χ4n) is 9.62. The van der Waals surface area contributed by atoms with Crippen LogP contribution in [0.25, 0.3) is 0 Å². The molecule has 0 aromatic rings. The van der Waals surface area contributed by atoms with Gasteiger partial charge in [0.25, 0.3) is 0 Å². The van der Waals surface area contributed by atoms with Crippen LogP contribution in [-0.2, 0) is 28.6 Å². The normalized spacial score (nSPS) is 12.9. The van der Waals surface area contributed by atoms with Crippen molar-refractivity contribution in [2.45, 2.75) is 329 Å². The largest absolute Gasteiger partial charge is 0.462 e. The van der Waals surface area contributed by atoms with E-state index in [0.29, 0.717) is 19.3 Å². The van der Waals surface area contributed by atoms with Gasteiger partial charge in [-0.15, -0.1) is 0 Å². The van der Waals surface area contributed by atoms with Crippen molar-refractivity contribution in [2.24, 2.45) is 0 Å². The summed E-state index contributed by atoms with van der Waals surface area (Å²) in [5.41, 5.74) is 0. The van der Waals surface area contributed by atoms with Gasteiger partial charge in [0.15, 0.2) is 6.10 Å². The molecule has 0 amide bonds. The van der Waals surface area contributed by atoms with Crippen LogP contribution in [0.1, 0.15) is 323 Å². The molecule has 0 bridgehead atoms. The van der Waals surface area contributed by atoms with E-state index in [2.05, 4.69) is 142 Å². The van der Waals surface area contributed by atoms with Crippen molar-refractivity contribution >= 4 is 17.9 Å². The van der Waals surface area contributed by atoms with Gasteiger partial charge in [0.1, 0.15) is 13.2 Å². The first-order valence-corrected chi connectivity index (χ1v) is 34.5. The van der Waals surface area contributed by atoms with Gasteiger partial charge >= 0.3 is 17.9 Å². The summed E-state index contributed by atoms with van der Waals surface area (Å²) < 4.78 is 16.9. The molecule has 0 spiro atoms. The summed E-state index contributed by atoms with van der Waals surface area (Å²) in [5, 5.41) is 0. The van der Waals surface area contributed by atoms with E-state index in [1.165, 1.54) is 148 Å². The molecule has 0 N–H and O–H groups in total. The van der Waals surface area contributed by atoms with E-state index in [0.717, 1.165) is 135 Å². The minimum Gasteiger partial charge on any atom is -0.462 e. The first-order valence-electron chi connectivity index (χ1n) is 34.5. The van der Waals surface area contributed by atoms with Crippen LogP contribution in [0.2, 0.25) is 0 Å². The van der Waals surface area contributed by atoms with Crippen molar-refractivity contribution in [3.8, 4) is 0 Å². The van der Waals surface area contributed by atoms with Crippen molar-refractivity contribution in [3.63, 3.8) is 0 Å². The predicted molar refractivity (Wildman–Crippen MR) is 357 cm³/mol. The number of hydrogen-bond donors (Lipinski definition) is 0. The van der Waals surface area contributed by atoms with Gasteiger partial charge in [-0.2, -0.15) is 0 Å². The molecule has 0 radical (unpaired) electrons. The number of carbonyl (C=O) groups is 3. The second-order valence-corrected chi connectivity index (χ2v) is 22.7. The first-order chi connectivity index (χ1) is 40.5. The predicted octanol–water partition coefficient (Wildman–Crippen LogP) is 23.9. The number of esters is 3. The highest BCUT2D eigenvalue weighted by Crippen LogP contribution is 2.17. The zero-order chi connectivity index (χ0) is 59.2. The summed E-state index contributed by atoms with van der Waals surface area (Å²) in [6.07, 6.45) is 96.5. The molecule has 6 nitrogen and oxygen atoms in total. The van der Waals surface area contributed by atoms with Gasteiger partial charge < -0.3 is 14.2 Å². The summed E-state index contributed by atoms with van der Waals surface area (Å²) in [5.74, 6) is -0.922. The Bertz CT molecular complexity index is 1690. The zero-order valence-corrected chi connectivity index (χ0v) is 53.7. The Labute approximate surface area is 507 Å². The van der Waals surface area contributed by atoms with E-state index >= 15 is 0 Å². The molecule has 1 unspecified atom stereocenters. The Morgan fingerprint density at radius 3 is 0.756 bits per heavy atom. The molecule has 0 aliphatic heterocycles. The number of carbonyl (C=O) groups excluding carboxylic acids is 3. The number of hydrogen-bond acceptors (Lipinski definition) is 6. The van der Waals surface area contributed by atoms with Gasteiger partial charge in [-0.3, -0.25) is 14.4 Å². The highest BCUT2D eigenvalue weighted by molar-refractivity contribution is 5.71. The topological polar surface area (TPSA) is 78.9 Å². The van der Waals surface area contributed by atoms with Crippen molar-refractivity contribution in [2.75, 3.05) is 13.2 Å². The summed E-state index contributed by atoms with van der Waals surface area (Å²) >= 11 is 0. The van der Waals surface area contributed by atoms with E-state index in [1.807, 2.05) is 0 Å². The van der Waals surface area contributed by atoms with Crippen molar-refractivity contribution < 1.29 is 28.6 Å². The van der Waals surface area contributed by atoms with Crippen LogP contribution in [-0.4, -0.2) is 37.2 Å². The Balaban J connectivity index is 4.33. The molecule has 0 saturated carbocycles. The third-order valence-electron chi connectivity index (χ3n) is 14.7. The number of unbranched alkanes of at least 4 members (excludes halogenated alkanes) is 31. The molecule has 1 atom stereocenters. The maximum atomic E-state index is 12.9. The van der Waals surface area contributed by atoms with Gasteiger partial charge in [-0.25, -0.2) is 0 Å². The van der Waals surface area contributed by atoms with E-state index in [-0.39, 0.29) is 31.1 Å². The van der Waals surface area contributed by atoms with Crippen molar-refractivity contribution in [3.05, 3.63) is 122 Å². The number of ether oxygens (including phenoxy) is 3. The van der Waals surface area contributed by atoms with Gasteiger partial charge in [-0.05, 0) is 109 Å². The quantitative estimate of drug-likeness (QED) is 0.0261. The fraction of sp³-hybridized carbons (Fsp3) is 0.697. The minimum atomic E-state index is -0.798. The molecule has 0 aliphatic carbocycles. The van der Waals surface area contributed by atoms with E-state index in [9.17, 15) is 14.4 Å². The first kappa shape index (κ1) is 77.8. The average molecular weight is 1140 g/mol. The van der Waals surface area contributed by atoms with Crippen LogP contribution in [0.4, 0.5) is 0 Å². The van der Waals surface area contributed by atoms with Crippen LogP contribution in [0.3, 0.4) is 0 Å². The minimum absolute atomic E-state index is 0.0932. The summed E-state index contributed by atoms with van der Waals surface area (Å²) in [6.45, 7) is 6.41. The fourth-order valence-corrected chi connectivity index (χ4v) is 9.62. The van der Waals surface area contributed by atoms with Crippen molar-refractivity contribution in [1.82, 2.24) is 0 Å². The smallest absolute Gasteiger partial charge is 0.306 e.